The van der Waals surface area contributed by atoms with Crippen LogP contribution in [0.3, 0.4) is 0 Å². The first-order chi connectivity index (χ1) is 8.18. The molecule has 0 radical (unpaired) electrons. The van der Waals surface area contributed by atoms with Crippen LogP contribution in [0.25, 0.3) is 0 Å². The molecule has 18 heavy (non-hydrogen) atoms. The first-order valence-corrected chi connectivity index (χ1v) is 5.88. The standard InChI is InChI=1S/C13H17NO3.ClH/c15-11-6-8-14(9-7-11)12(13(16)17)10-4-2-1-3-5-10;/h1-5,11-12,15H,6-9H2,(H,16,17);1H/t12-;/m1./s1. The monoisotopic (exact) mass is 271 g/mol. The van der Waals surface area contributed by atoms with Crippen LogP contribution >= 0.6 is 12.4 Å². The molecule has 0 bridgehead atoms. The van der Waals surface area contributed by atoms with Gasteiger partial charge in [0.15, 0.2) is 0 Å². The fourth-order valence-corrected chi connectivity index (χ4v) is 2.29. The Balaban J connectivity index is 0.00000162. The maximum absolute atomic E-state index is 11.4. The lowest BCUT2D eigenvalue weighted by Crippen LogP contribution is -2.41. The largest absolute Gasteiger partial charge is 0.480 e. The van der Waals surface area contributed by atoms with Gasteiger partial charge in [-0.15, -0.1) is 12.4 Å². The van der Waals surface area contributed by atoms with Gasteiger partial charge in [0.2, 0.25) is 0 Å². The van der Waals surface area contributed by atoms with E-state index in [0.29, 0.717) is 25.9 Å². The van der Waals surface area contributed by atoms with E-state index in [0.717, 1.165) is 5.56 Å². The van der Waals surface area contributed by atoms with Crippen molar-refractivity contribution in [1.29, 1.82) is 0 Å². The molecule has 1 heterocycles. The first kappa shape index (κ1) is 15.0. The van der Waals surface area contributed by atoms with Crippen molar-refractivity contribution in [3.05, 3.63) is 35.9 Å². The number of aliphatic carboxylic acids is 1. The number of rotatable bonds is 3. The topological polar surface area (TPSA) is 60.8 Å². The average Bonchev–Trinajstić information content (AvgIpc) is 2.33. The van der Waals surface area contributed by atoms with E-state index >= 15 is 0 Å². The van der Waals surface area contributed by atoms with Crippen LogP contribution in [0.5, 0.6) is 0 Å². The van der Waals surface area contributed by atoms with E-state index in [2.05, 4.69) is 0 Å². The lowest BCUT2D eigenvalue weighted by molar-refractivity contribution is -0.144. The Kier molecular flexibility index (Phi) is 5.59. The molecule has 1 aliphatic rings. The van der Waals surface area contributed by atoms with Crippen LogP contribution in [0.4, 0.5) is 0 Å². The van der Waals surface area contributed by atoms with E-state index in [1.165, 1.54) is 0 Å². The highest BCUT2D eigenvalue weighted by molar-refractivity contribution is 5.85. The van der Waals surface area contributed by atoms with Crippen LogP contribution in [0, 0.1) is 0 Å². The Morgan fingerprint density at radius 3 is 2.28 bits per heavy atom. The van der Waals surface area contributed by atoms with E-state index in [9.17, 15) is 15.0 Å². The summed E-state index contributed by atoms with van der Waals surface area (Å²) in [7, 11) is 0. The number of piperidine rings is 1. The van der Waals surface area contributed by atoms with Crippen LogP contribution in [0.15, 0.2) is 30.3 Å². The number of aliphatic hydroxyl groups is 1. The molecular formula is C13H18ClNO3. The number of carbonyl (C=O) groups is 1. The van der Waals surface area contributed by atoms with Gasteiger partial charge in [-0.3, -0.25) is 9.69 Å². The summed E-state index contributed by atoms with van der Waals surface area (Å²) in [5.41, 5.74) is 0.802. The average molecular weight is 272 g/mol. The van der Waals surface area contributed by atoms with Crippen molar-refractivity contribution in [1.82, 2.24) is 4.90 Å². The number of hydrogen-bond acceptors (Lipinski definition) is 3. The molecule has 0 saturated carbocycles. The van der Waals surface area contributed by atoms with Gasteiger partial charge in [0, 0.05) is 13.1 Å². The van der Waals surface area contributed by atoms with Crippen molar-refractivity contribution < 1.29 is 15.0 Å². The molecule has 1 aromatic rings. The van der Waals surface area contributed by atoms with Gasteiger partial charge in [-0.25, -0.2) is 0 Å². The zero-order chi connectivity index (χ0) is 12.3. The predicted molar refractivity (Wildman–Crippen MR) is 70.9 cm³/mol. The van der Waals surface area contributed by atoms with E-state index < -0.39 is 12.0 Å². The van der Waals surface area contributed by atoms with Gasteiger partial charge in [0.1, 0.15) is 6.04 Å². The van der Waals surface area contributed by atoms with Gasteiger partial charge >= 0.3 is 5.97 Å². The smallest absolute Gasteiger partial charge is 0.325 e. The molecule has 0 amide bonds. The van der Waals surface area contributed by atoms with E-state index in [4.69, 9.17) is 0 Å². The molecule has 0 aliphatic carbocycles. The number of carboxylic acid groups (broad SMARTS) is 1. The molecule has 4 nitrogen and oxygen atoms in total. The summed E-state index contributed by atoms with van der Waals surface area (Å²) >= 11 is 0. The molecule has 1 fully saturated rings. The van der Waals surface area contributed by atoms with Crippen molar-refractivity contribution in [2.45, 2.75) is 25.0 Å². The number of carboxylic acids is 1. The molecular weight excluding hydrogens is 254 g/mol. The molecule has 2 N–H and O–H groups in total. The molecule has 0 unspecified atom stereocenters. The summed E-state index contributed by atoms with van der Waals surface area (Å²) in [5.74, 6) is -0.826. The summed E-state index contributed by atoms with van der Waals surface area (Å²) in [6.45, 7) is 1.26. The minimum atomic E-state index is -0.826. The second kappa shape index (κ2) is 6.73. The molecule has 1 saturated heterocycles. The fourth-order valence-electron chi connectivity index (χ4n) is 2.29. The Morgan fingerprint density at radius 1 is 1.22 bits per heavy atom. The Morgan fingerprint density at radius 2 is 1.78 bits per heavy atom. The number of likely N-dealkylation sites (tertiary alicyclic amines) is 1. The van der Waals surface area contributed by atoms with Crippen LogP contribution in [0.2, 0.25) is 0 Å². The maximum Gasteiger partial charge on any atom is 0.325 e. The predicted octanol–water partition coefficient (Wildman–Crippen LogP) is 1.69. The van der Waals surface area contributed by atoms with Crippen molar-refractivity contribution in [2.24, 2.45) is 0 Å². The van der Waals surface area contributed by atoms with Gasteiger partial charge in [0.05, 0.1) is 6.10 Å². The number of halogens is 1. The minimum absolute atomic E-state index is 0. The van der Waals surface area contributed by atoms with E-state index in [1.807, 2.05) is 35.2 Å². The van der Waals surface area contributed by atoms with Crippen LogP contribution in [-0.4, -0.2) is 40.3 Å². The first-order valence-electron chi connectivity index (χ1n) is 5.88. The van der Waals surface area contributed by atoms with Crippen LogP contribution < -0.4 is 0 Å². The molecule has 1 aliphatic heterocycles. The van der Waals surface area contributed by atoms with E-state index in [-0.39, 0.29) is 18.5 Å². The lowest BCUT2D eigenvalue weighted by atomic mass is 10.0. The molecule has 1 atom stereocenters. The summed E-state index contributed by atoms with van der Waals surface area (Å²) in [6, 6.07) is 8.66. The maximum atomic E-state index is 11.4. The highest BCUT2D eigenvalue weighted by Gasteiger charge is 2.30. The molecule has 1 aromatic carbocycles. The molecule has 2 rings (SSSR count). The van der Waals surface area contributed by atoms with Crippen molar-refractivity contribution in [3.63, 3.8) is 0 Å². The second-order valence-electron chi connectivity index (χ2n) is 4.42. The third kappa shape index (κ3) is 3.45. The van der Waals surface area contributed by atoms with E-state index in [1.54, 1.807) is 0 Å². The highest BCUT2D eigenvalue weighted by atomic mass is 35.5. The van der Waals surface area contributed by atoms with Gasteiger partial charge < -0.3 is 10.2 Å². The SMILES string of the molecule is Cl.O=C(O)[C@@H](c1ccccc1)N1CCC(O)CC1. The number of aliphatic hydroxyl groups excluding tert-OH is 1. The van der Waals surface area contributed by atoms with Gasteiger partial charge in [-0.2, -0.15) is 0 Å². The Bertz CT molecular complexity index is 377. The zero-order valence-electron chi connectivity index (χ0n) is 10.0. The van der Waals surface area contributed by atoms with Crippen molar-refractivity contribution in [3.8, 4) is 0 Å². The van der Waals surface area contributed by atoms with Crippen LogP contribution in [-0.2, 0) is 4.79 Å². The van der Waals surface area contributed by atoms with Crippen LogP contribution in [0.1, 0.15) is 24.4 Å². The number of benzene rings is 1. The van der Waals surface area contributed by atoms with Crippen molar-refractivity contribution in [2.75, 3.05) is 13.1 Å². The Labute approximate surface area is 113 Å². The minimum Gasteiger partial charge on any atom is -0.480 e. The molecule has 0 aromatic heterocycles. The zero-order valence-corrected chi connectivity index (χ0v) is 10.8. The summed E-state index contributed by atoms with van der Waals surface area (Å²) in [4.78, 5) is 13.3. The number of hydrogen-bond donors (Lipinski definition) is 2. The van der Waals surface area contributed by atoms with Gasteiger partial charge in [0.25, 0.3) is 0 Å². The normalized spacial score (nSPS) is 18.9. The summed E-state index contributed by atoms with van der Waals surface area (Å²) in [6.07, 6.45) is 1.02. The van der Waals surface area contributed by atoms with Gasteiger partial charge in [-0.05, 0) is 18.4 Å². The lowest BCUT2D eigenvalue weighted by Gasteiger charge is -2.34. The molecule has 5 heteroatoms. The summed E-state index contributed by atoms with van der Waals surface area (Å²) in [5, 5.41) is 18.8. The second-order valence-corrected chi connectivity index (χ2v) is 4.42. The van der Waals surface area contributed by atoms with Gasteiger partial charge in [-0.1, -0.05) is 30.3 Å². The Hall–Kier alpha value is -1.10. The summed E-state index contributed by atoms with van der Waals surface area (Å²) < 4.78 is 0. The quantitative estimate of drug-likeness (QED) is 0.878. The molecule has 100 valence electrons. The fraction of sp³-hybridized carbons (Fsp3) is 0.462. The third-order valence-corrected chi connectivity index (χ3v) is 3.21. The number of nitrogens with zero attached hydrogens (tertiary/aromatic N) is 1. The third-order valence-electron chi connectivity index (χ3n) is 3.21. The molecule has 0 spiro atoms. The van der Waals surface area contributed by atoms with Crippen molar-refractivity contribution >= 4 is 18.4 Å². The highest BCUT2D eigenvalue weighted by Crippen LogP contribution is 2.24.